The molecule has 1 saturated heterocycles. The van der Waals surface area contributed by atoms with Gasteiger partial charge in [0.1, 0.15) is 12.4 Å². The van der Waals surface area contributed by atoms with Gasteiger partial charge in [-0.2, -0.15) is 0 Å². The van der Waals surface area contributed by atoms with Crippen molar-refractivity contribution >= 4 is 11.6 Å². The van der Waals surface area contributed by atoms with Gasteiger partial charge in [-0.05, 0) is 56.7 Å². The molecule has 2 fully saturated rings. The molecule has 0 spiro atoms. The lowest BCUT2D eigenvalue weighted by Crippen LogP contribution is -2.34. The topological polar surface area (TPSA) is 73.6 Å². The third kappa shape index (κ3) is 4.48. The van der Waals surface area contributed by atoms with E-state index in [1.165, 1.54) is 0 Å². The van der Waals surface area contributed by atoms with Gasteiger partial charge >= 0.3 is 0 Å². The number of carbonyl (C=O) groups is 1. The van der Waals surface area contributed by atoms with Crippen molar-refractivity contribution in [3.05, 3.63) is 23.8 Å². The molecule has 3 rings (SSSR count). The fraction of sp³-hybridized carbons (Fsp3) is 0.632. The minimum Gasteiger partial charge on any atom is -0.489 e. The van der Waals surface area contributed by atoms with Crippen LogP contribution in [0.3, 0.4) is 0 Å². The number of ether oxygens (including phenoxy) is 2. The molecule has 1 aliphatic carbocycles. The summed E-state index contributed by atoms with van der Waals surface area (Å²) in [5.41, 5.74) is 7.85. The summed E-state index contributed by atoms with van der Waals surface area (Å²) in [7, 11) is 0. The summed E-state index contributed by atoms with van der Waals surface area (Å²) >= 11 is 0. The van der Waals surface area contributed by atoms with E-state index in [4.69, 9.17) is 15.2 Å². The van der Waals surface area contributed by atoms with Crippen LogP contribution in [0.15, 0.2) is 18.2 Å². The average molecular weight is 332 g/mol. The van der Waals surface area contributed by atoms with Crippen LogP contribution in [-0.2, 0) is 9.53 Å². The predicted octanol–water partition coefficient (Wildman–Crippen LogP) is 3.01. The first-order valence-electron chi connectivity index (χ1n) is 9.03. The van der Waals surface area contributed by atoms with E-state index in [9.17, 15) is 4.79 Å². The first-order valence-corrected chi connectivity index (χ1v) is 9.03. The molecule has 0 aromatic heterocycles. The van der Waals surface area contributed by atoms with Gasteiger partial charge in [0.2, 0.25) is 5.91 Å². The minimum absolute atomic E-state index is 0.000989. The van der Waals surface area contributed by atoms with E-state index in [0.717, 1.165) is 62.1 Å². The van der Waals surface area contributed by atoms with E-state index in [2.05, 4.69) is 5.32 Å². The van der Waals surface area contributed by atoms with Crippen LogP contribution in [0.5, 0.6) is 5.75 Å². The van der Waals surface area contributed by atoms with E-state index in [0.29, 0.717) is 6.61 Å². The molecule has 1 heterocycles. The van der Waals surface area contributed by atoms with Crippen molar-refractivity contribution in [1.82, 2.24) is 0 Å². The van der Waals surface area contributed by atoms with Gasteiger partial charge < -0.3 is 20.5 Å². The molecule has 0 bridgehead atoms. The van der Waals surface area contributed by atoms with Gasteiger partial charge in [0.25, 0.3) is 0 Å². The van der Waals surface area contributed by atoms with Crippen LogP contribution in [0.1, 0.15) is 44.1 Å². The zero-order valence-corrected chi connectivity index (χ0v) is 14.4. The maximum Gasteiger partial charge on any atom is 0.227 e. The Labute approximate surface area is 143 Å². The molecule has 5 nitrogen and oxygen atoms in total. The van der Waals surface area contributed by atoms with Crippen molar-refractivity contribution in [2.45, 2.75) is 57.6 Å². The summed E-state index contributed by atoms with van der Waals surface area (Å²) in [6.07, 6.45) is 6.01. The highest BCUT2D eigenvalue weighted by Gasteiger charge is 2.26. The molecular formula is C19H28N2O3. The smallest absolute Gasteiger partial charge is 0.227 e. The Morgan fingerprint density at radius 2 is 2.21 bits per heavy atom. The number of rotatable bonds is 5. The Morgan fingerprint density at radius 1 is 1.33 bits per heavy atom. The molecule has 3 unspecified atom stereocenters. The van der Waals surface area contributed by atoms with Gasteiger partial charge in [0.15, 0.2) is 0 Å². The molecule has 1 amide bonds. The molecule has 2 aliphatic rings. The van der Waals surface area contributed by atoms with E-state index < -0.39 is 0 Å². The quantitative estimate of drug-likeness (QED) is 0.869. The largest absolute Gasteiger partial charge is 0.489 e. The zero-order valence-electron chi connectivity index (χ0n) is 14.4. The number of aryl methyl sites for hydroxylation is 1. The third-order valence-electron chi connectivity index (χ3n) is 4.93. The van der Waals surface area contributed by atoms with Crippen LogP contribution in [0.25, 0.3) is 0 Å². The molecule has 0 radical (unpaired) electrons. The number of amides is 1. The molecule has 1 aliphatic heterocycles. The van der Waals surface area contributed by atoms with Crippen LogP contribution in [0.2, 0.25) is 0 Å². The molecule has 5 heteroatoms. The standard InChI is InChI=1S/C19H28N2O3/c1-13-7-8-17(18(10-13)24-12-16-6-3-9-23-16)21-19(22)14-4-2-5-15(20)11-14/h7-8,10,14-16H,2-6,9,11-12,20H2,1H3,(H,21,22). The van der Waals surface area contributed by atoms with Crippen molar-refractivity contribution in [2.24, 2.45) is 11.7 Å². The molecule has 1 aromatic rings. The average Bonchev–Trinajstić information content (AvgIpc) is 3.08. The lowest BCUT2D eigenvalue weighted by atomic mass is 9.85. The Morgan fingerprint density at radius 3 is 2.96 bits per heavy atom. The number of carbonyl (C=O) groups excluding carboxylic acids is 1. The Hall–Kier alpha value is -1.59. The predicted molar refractivity (Wildman–Crippen MR) is 94.2 cm³/mol. The monoisotopic (exact) mass is 332 g/mol. The second kappa shape index (κ2) is 7.99. The SMILES string of the molecule is Cc1ccc(NC(=O)C2CCCC(N)C2)c(OCC2CCCO2)c1. The summed E-state index contributed by atoms with van der Waals surface area (Å²) in [5, 5.41) is 3.04. The molecule has 132 valence electrons. The minimum atomic E-state index is 0.000989. The van der Waals surface area contributed by atoms with Gasteiger partial charge in [-0.25, -0.2) is 0 Å². The van der Waals surface area contributed by atoms with Gasteiger partial charge in [0, 0.05) is 18.6 Å². The molecule has 24 heavy (non-hydrogen) atoms. The summed E-state index contributed by atoms with van der Waals surface area (Å²) in [4.78, 5) is 12.6. The van der Waals surface area contributed by atoms with Gasteiger partial charge in [-0.3, -0.25) is 4.79 Å². The van der Waals surface area contributed by atoms with Crippen molar-refractivity contribution in [1.29, 1.82) is 0 Å². The lowest BCUT2D eigenvalue weighted by molar-refractivity contribution is -0.120. The maximum atomic E-state index is 12.6. The van der Waals surface area contributed by atoms with Crippen LogP contribution in [0.4, 0.5) is 5.69 Å². The highest BCUT2D eigenvalue weighted by molar-refractivity contribution is 5.94. The van der Waals surface area contributed by atoms with E-state index in [-0.39, 0.29) is 24.0 Å². The highest BCUT2D eigenvalue weighted by atomic mass is 16.5. The Bertz CT molecular complexity index is 570. The van der Waals surface area contributed by atoms with Crippen LogP contribution < -0.4 is 15.8 Å². The van der Waals surface area contributed by atoms with E-state index in [1.54, 1.807) is 0 Å². The van der Waals surface area contributed by atoms with Crippen LogP contribution in [-0.4, -0.2) is 31.3 Å². The molecule has 1 aromatic carbocycles. The Balaban J connectivity index is 1.64. The van der Waals surface area contributed by atoms with Gasteiger partial charge in [-0.15, -0.1) is 0 Å². The zero-order chi connectivity index (χ0) is 16.9. The van der Waals surface area contributed by atoms with Gasteiger partial charge in [-0.1, -0.05) is 12.5 Å². The fourth-order valence-electron chi connectivity index (χ4n) is 3.51. The van der Waals surface area contributed by atoms with Crippen LogP contribution >= 0.6 is 0 Å². The summed E-state index contributed by atoms with van der Waals surface area (Å²) in [6, 6.07) is 6.02. The molecule has 1 saturated carbocycles. The van der Waals surface area contributed by atoms with Crippen molar-refractivity contribution in [2.75, 3.05) is 18.5 Å². The van der Waals surface area contributed by atoms with Gasteiger partial charge in [0.05, 0.1) is 11.8 Å². The number of nitrogens with one attached hydrogen (secondary N) is 1. The summed E-state index contributed by atoms with van der Waals surface area (Å²) < 4.78 is 11.6. The number of benzene rings is 1. The van der Waals surface area contributed by atoms with Crippen molar-refractivity contribution < 1.29 is 14.3 Å². The highest BCUT2D eigenvalue weighted by Crippen LogP contribution is 2.29. The summed E-state index contributed by atoms with van der Waals surface area (Å²) in [6.45, 7) is 3.36. The number of anilines is 1. The first-order chi connectivity index (χ1) is 11.6. The van der Waals surface area contributed by atoms with Crippen LogP contribution in [0, 0.1) is 12.8 Å². The maximum absolute atomic E-state index is 12.6. The fourth-order valence-corrected chi connectivity index (χ4v) is 3.51. The summed E-state index contributed by atoms with van der Waals surface area (Å²) in [5.74, 6) is 0.774. The number of nitrogens with two attached hydrogens (primary N) is 1. The Kier molecular flexibility index (Phi) is 5.74. The second-order valence-electron chi connectivity index (χ2n) is 7.06. The molecular weight excluding hydrogens is 304 g/mol. The van der Waals surface area contributed by atoms with E-state index in [1.807, 2.05) is 25.1 Å². The second-order valence-corrected chi connectivity index (χ2v) is 7.06. The number of hydrogen-bond acceptors (Lipinski definition) is 4. The van der Waals surface area contributed by atoms with E-state index >= 15 is 0 Å². The molecule has 3 atom stereocenters. The van der Waals surface area contributed by atoms with Crippen molar-refractivity contribution in [3.8, 4) is 5.75 Å². The lowest BCUT2D eigenvalue weighted by Gasteiger charge is -2.26. The normalized spacial score (nSPS) is 27.0. The number of hydrogen-bond donors (Lipinski definition) is 2. The third-order valence-corrected chi connectivity index (χ3v) is 4.93. The molecule has 3 N–H and O–H groups in total. The van der Waals surface area contributed by atoms with Crippen molar-refractivity contribution in [3.63, 3.8) is 0 Å². The first kappa shape index (κ1) is 17.2.